The minimum absolute atomic E-state index is 0.0705. The Bertz CT molecular complexity index is 739. The number of urea groups is 1. The molecule has 2 aromatic rings. The highest BCUT2D eigenvalue weighted by atomic mass is 16.2. The Morgan fingerprint density at radius 2 is 1.48 bits per heavy atom. The lowest BCUT2D eigenvalue weighted by Crippen LogP contribution is -2.20. The van der Waals surface area contributed by atoms with Crippen molar-refractivity contribution in [2.75, 3.05) is 17.7 Å². The Balaban J connectivity index is 2.01. The summed E-state index contributed by atoms with van der Waals surface area (Å²) in [6, 6.07) is 12.8. The van der Waals surface area contributed by atoms with E-state index in [0.29, 0.717) is 22.5 Å². The Morgan fingerprint density at radius 1 is 0.826 bits per heavy atom. The first-order valence-electron chi connectivity index (χ1n) is 7.01. The van der Waals surface area contributed by atoms with E-state index in [9.17, 15) is 14.4 Å². The highest BCUT2D eigenvalue weighted by Crippen LogP contribution is 2.13. The molecular weight excluding hydrogens is 294 g/mol. The van der Waals surface area contributed by atoms with Crippen molar-refractivity contribution in [2.24, 2.45) is 0 Å². The fourth-order valence-corrected chi connectivity index (χ4v) is 1.96. The Kier molecular flexibility index (Phi) is 5.09. The van der Waals surface area contributed by atoms with Crippen LogP contribution in [0, 0.1) is 0 Å². The molecule has 0 aromatic heterocycles. The minimum Gasteiger partial charge on any atom is -0.355 e. The molecule has 118 valence electrons. The molecule has 0 aliphatic carbocycles. The molecule has 6 heteroatoms. The molecular formula is C17H17N3O3. The summed E-state index contributed by atoms with van der Waals surface area (Å²) in [4.78, 5) is 34.7. The van der Waals surface area contributed by atoms with Crippen molar-refractivity contribution < 1.29 is 14.4 Å². The zero-order chi connectivity index (χ0) is 16.8. The lowest BCUT2D eigenvalue weighted by molar-refractivity contribution is 0.0962. The lowest BCUT2D eigenvalue weighted by Gasteiger charge is -2.09. The average molecular weight is 311 g/mol. The molecule has 0 unspecified atom stereocenters. The van der Waals surface area contributed by atoms with Crippen LogP contribution < -0.4 is 16.0 Å². The Hall–Kier alpha value is -3.15. The number of benzene rings is 2. The maximum Gasteiger partial charge on any atom is 0.323 e. The predicted molar refractivity (Wildman–Crippen MR) is 88.9 cm³/mol. The number of hydrogen-bond acceptors (Lipinski definition) is 3. The fourth-order valence-electron chi connectivity index (χ4n) is 1.96. The lowest BCUT2D eigenvalue weighted by atomic mass is 10.1. The molecule has 23 heavy (non-hydrogen) atoms. The largest absolute Gasteiger partial charge is 0.355 e. The van der Waals surface area contributed by atoms with E-state index in [1.807, 2.05) is 0 Å². The van der Waals surface area contributed by atoms with Gasteiger partial charge in [0.15, 0.2) is 5.78 Å². The number of Topliss-reactive ketones (excluding diaryl/α,β-unsaturated/α-hetero) is 1. The number of rotatable bonds is 4. The normalized spacial score (nSPS) is 9.83. The van der Waals surface area contributed by atoms with Crippen LogP contribution >= 0.6 is 0 Å². The van der Waals surface area contributed by atoms with Gasteiger partial charge in [-0.15, -0.1) is 0 Å². The molecule has 0 saturated carbocycles. The van der Waals surface area contributed by atoms with Crippen LogP contribution in [0.1, 0.15) is 27.6 Å². The molecule has 3 N–H and O–H groups in total. The van der Waals surface area contributed by atoms with Gasteiger partial charge >= 0.3 is 6.03 Å². The summed E-state index contributed by atoms with van der Waals surface area (Å²) in [5.41, 5.74) is 2.11. The number of carbonyl (C=O) groups excluding carboxylic acids is 3. The van der Waals surface area contributed by atoms with Crippen LogP contribution in [0.25, 0.3) is 0 Å². The van der Waals surface area contributed by atoms with Crippen molar-refractivity contribution in [3.05, 3.63) is 59.7 Å². The molecule has 0 fully saturated rings. The molecule has 2 rings (SSSR count). The molecule has 0 aliphatic heterocycles. The van der Waals surface area contributed by atoms with E-state index < -0.39 is 6.03 Å². The van der Waals surface area contributed by atoms with Gasteiger partial charge in [-0.2, -0.15) is 0 Å². The molecule has 0 heterocycles. The van der Waals surface area contributed by atoms with E-state index in [2.05, 4.69) is 16.0 Å². The summed E-state index contributed by atoms with van der Waals surface area (Å²) in [5.74, 6) is -0.263. The SMILES string of the molecule is CNC(=O)c1ccc(NC(=O)Nc2cccc(C(C)=O)c2)cc1. The van der Waals surface area contributed by atoms with Crippen LogP contribution in [-0.2, 0) is 0 Å². The first kappa shape index (κ1) is 16.2. The molecule has 0 spiro atoms. The van der Waals surface area contributed by atoms with Gasteiger partial charge < -0.3 is 16.0 Å². The van der Waals surface area contributed by atoms with Gasteiger partial charge in [-0.05, 0) is 43.3 Å². The molecule has 3 amide bonds. The molecule has 0 bridgehead atoms. The standard InChI is InChI=1S/C17H17N3O3/c1-11(21)13-4-3-5-15(10-13)20-17(23)19-14-8-6-12(7-9-14)16(22)18-2/h3-10H,1-2H3,(H,18,22)(H2,19,20,23). The van der Waals surface area contributed by atoms with Crippen molar-refractivity contribution in [3.63, 3.8) is 0 Å². The van der Waals surface area contributed by atoms with Crippen LogP contribution in [0.2, 0.25) is 0 Å². The average Bonchev–Trinajstić information content (AvgIpc) is 2.55. The third-order valence-corrected chi connectivity index (χ3v) is 3.16. The maximum absolute atomic E-state index is 12.0. The molecule has 0 saturated heterocycles. The van der Waals surface area contributed by atoms with Crippen LogP contribution in [0.5, 0.6) is 0 Å². The number of anilines is 2. The van der Waals surface area contributed by atoms with Gasteiger partial charge in [0, 0.05) is 29.5 Å². The zero-order valence-corrected chi connectivity index (χ0v) is 12.8. The second kappa shape index (κ2) is 7.22. The van der Waals surface area contributed by atoms with E-state index in [4.69, 9.17) is 0 Å². The van der Waals surface area contributed by atoms with E-state index in [0.717, 1.165) is 0 Å². The molecule has 2 aromatic carbocycles. The highest BCUT2D eigenvalue weighted by molar-refractivity contribution is 6.01. The summed E-state index contributed by atoms with van der Waals surface area (Å²) in [6.45, 7) is 1.47. The minimum atomic E-state index is -0.432. The van der Waals surface area contributed by atoms with Crippen LogP contribution in [0.15, 0.2) is 48.5 Å². The topological polar surface area (TPSA) is 87.3 Å². The van der Waals surface area contributed by atoms with Crippen molar-refractivity contribution >= 4 is 29.1 Å². The van der Waals surface area contributed by atoms with E-state index in [-0.39, 0.29) is 11.7 Å². The van der Waals surface area contributed by atoms with Gasteiger partial charge in [-0.3, -0.25) is 9.59 Å². The van der Waals surface area contributed by atoms with Crippen molar-refractivity contribution in [2.45, 2.75) is 6.92 Å². The summed E-state index contributed by atoms with van der Waals surface area (Å²) < 4.78 is 0. The Morgan fingerprint density at radius 3 is 2.09 bits per heavy atom. The smallest absolute Gasteiger partial charge is 0.323 e. The zero-order valence-electron chi connectivity index (χ0n) is 12.8. The van der Waals surface area contributed by atoms with Gasteiger partial charge in [-0.25, -0.2) is 4.79 Å². The number of nitrogens with one attached hydrogen (secondary N) is 3. The summed E-state index contributed by atoms with van der Waals surface area (Å²) in [7, 11) is 1.55. The summed E-state index contributed by atoms with van der Waals surface area (Å²) in [6.07, 6.45) is 0. The Labute approximate surface area is 133 Å². The third kappa shape index (κ3) is 4.41. The first-order chi connectivity index (χ1) is 11.0. The monoisotopic (exact) mass is 311 g/mol. The van der Waals surface area contributed by atoms with Gasteiger partial charge in [0.1, 0.15) is 0 Å². The van der Waals surface area contributed by atoms with E-state index >= 15 is 0 Å². The number of carbonyl (C=O) groups is 3. The van der Waals surface area contributed by atoms with E-state index in [1.165, 1.54) is 6.92 Å². The van der Waals surface area contributed by atoms with Crippen LogP contribution in [0.3, 0.4) is 0 Å². The van der Waals surface area contributed by atoms with Crippen molar-refractivity contribution in [1.29, 1.82) is 0 Å². The van der Waals surface area contributed by atoms with Crippen LogP contribution in [-0.4, -0.2) is 24.8 Å². The predicted octanol–water partition coefficient (Wildman–Crippen LogP) is 2.89. The third-order valence-electron chi connectivity index (χ3n) is 3.16. The van der Waals surface area contributed by atoms with Gasteiger partial charge in [0.2, 0.25) is 0 Å². The van der Waals surface area contributed by atoms with Crippen molar-refractivity contribution in [1.82, 2.24) is 5.32 Å². The number of ketones is 1. The van der Waals surface area contributed by atoms with Gasteiger partial charge in [-0.1, -0.05) is 12.1 Å². The highest BCUT2D eigenvalue weighted by Gasteiger charge is 2.06. The molecule has 6 nitrogen and oxygen atoms in total. The number of hydrogen-bond donors (Lipinski definition) is 3. The second-order valence-electron chi connectivity index (χ2n) is 4.87. The van der Waals surface area contributed by atoms with Gasteiger partial charge in [0.25, 0.3) is 5.91 Å². The first-order valence-corrected chi connectivity index (χ1v) is 7.01. The van der Waals surface area contributed by atoms with Crippen molar-refractivity contribution in [3.8, 4) is 0 Å². The van der Waals surface area contributed by atoms with E-state index in [1.54, 1.807) is 55.6 Å². The summed E-state index contributed by atoms with van der Waals surface area (Å²) in [5, 5.41) is 7.83. The number of amides is 3. The maximum atomic E-state index is 12.0. The molecule has 0 radical (unpaired) electrons. The van der Waals surface area contributed by atoms with Crippen LogP contribution in [0.4, 0.5) is 16.2 Å². The van der Waals surface area contributed by atoms with Gasteiger partial charge in [0.05, 0.1) is 0 Å². The fraction of sp³-hybridized carbons (Fsp3) is 0.118. The summed E-state index contributed by atoms with van der Waals surface area (Å²) >= 11 is 0. The molecule has 0 atom stereocenters. The quantitative estimate of drug-likeness (QED) is 0.759. The molecule has 0 aliphatic rings. The second-order valence-corrected chi connectivity index (χ2v) is 4.87.